The van der Waals surface area contributed by atoms with Crippen LogP contribution >= 0.6 is 0 Å². The van der Waals surface area contributed by atoms with E-state index in [1.165, 1.54) is 0 Å². The largest absolute Gasteiger partial charge is 0.611 e. The van der Waals surface area contributed by atoms with Crippen molar-refractivity contribution in [3.8, 4) is 0 Å². The number of hydrogen-bond donors (Lipinski definition) is 0. The third kappa shape index (κ3) is 3.78. The fraction of sp³-hybridized carbons (Fsp3) is 0.200. The second-order valence-electron chi connectivity index (χ2n) is 7.30. The van der Waals surface area contributed by atoms with Crippen molar-refractivity contribution in [2.45, 2.75) is 31.2 Å². The molecular weight excluding hydrogens is 392 g/mol. The van der Waals surface area contributed by atoms with E-state index in [4.69, 9.17) is 0 Å². The molecule has 2 atom stereocenters. The van der Waals surface area contributed by atoms with E-state index < -0.39 is 11.2 Å². The van der Waals surface area contributed by atoms with Crippen LogP contribution in [0, 0.1) is 6.92 Å². The number of hydrogen-bond acceptors (Lipinski definition) is 3. The van der Waals surface area contributed by atoms with Gasteiger partial charge < -0.3 is 9.12 Å². The summed E-state index contributed by atoms with van der Waals surface area (Å²) in [5, 5.41) is 0.942. The van der Waals surface area contributed by atoms with Crippen molar-refractivity contribution < 1.29 is 9.35 Å². The normalized spacial score (nSPS) is 13.3. The molecule has 2 aromatic heterocycles. The zero-order chi connectivity index (χ0) is 21.1. The lowest BCUT2D eigenvalue weighted by atomic mass is 10.0. The van der Waals surface area contributed by atoms with Crippen LogP contribution in [0.4, 0.5) is 0 Å². The van der Waals surface area contributed by atoms with E-state index in [1.54, 1.807) is 24.5 Å². The van der Waals surface area contributed by atoms with Crippen LogP contribution in [0.3, 0.4) is 0 Å². The molecule has 0 aliphatic heterocycles. The summed E-state index contributed by atoms with van der Waals surface area (Å²) >= 11 is -1.15. The Morgan fingerprint density at radius 1 is 1.03 bits per heavy atom. The van der Waals surface area contributed by atoms with E-state index in [9.17, 15) is 9.35 Å². The van der Waals surface area contributed by atoms with Crippen LogP contribution in [-0.2, 0) is 11.2 Å². The average molecular weight is 417 g/mol. The van der Waals surface area contributed by atoms with E-state index in [-0.39, 0.29) is 11.8 Å². The Kier molecular flexibility index (Phi) is 6.02. The highest BCUT2D eigenvalue weighted by molar-refractivity contribution is 7.91. The summed E-state index contributed by atoms with van der Waals surface area (Å²) in [7, 11) is 0. The SMILES string of the molecule is CCC(C[S+]([O-])c1ccncc1)n1c(C)c(C(=O)c2ccccc2)c2ccccc21. The Morgan fingerprint density at radius 3 is 2.40 bits per heavy atom. The number of aromatic nitrogens is 2. The predicted molar refractivity (Wildman–Crippen MR) is 121 cm³/mol. The quantitative estimate of drug-likeness (QED) is 0.302. The highest BCUT2D eigenvalue weighted by atomic mass is 32.2. The Morgan fingerprint density at radius 2 is 1.70 bits per heavy atom. The van der Waals surface area contributed by atoms with Gasteiger partial charge in [0, 0.05) is 46.7 Å². The van der Waals surface area contributed by atoms with E-state index in [0.717, 1.165) is 33.5 Å². The minimum Gasteiger partial charge on any atom is -0.611 e. The molecule has 0 bridgehead atoms. The molecule has 0 N–H and O–H groups in total. The first kappa shape index (κ1) is 20.4. The molecule has 4 nitrogen and oxygen atoms in total. The van der Waals surface area contributed by atoms with Crippen molar-refractivity contribution in [1.82, 2.24) is 9.55 Å². The van der Waals surface area contributed by atoms with Gasteiger partial charge >= 0.3 is 0 Å². The van der Waals surface area contributed by atoms with Crippen LogP contribution in [0.1, 0.15) is 41.0 Å². The second kappa shape index (κ2) is 8.86. The Balaban J connectivity index is 1.79. The van der Waals surface area contributed by atoms with Gasteiger partial charge in [-0.2, -0.15) is 0 Å². The molecule has 152 valence electrons. The molecule has 0 amide bonds. The summed E-state index contributed by atoms with van der Waals surface area (Å²) < 4.78 is 15.2. The average Bonchev–Trinajstić information content (AvgIpc) is 3.09. The zero-order valence-corrected chi connectivity index (χ0v) is 17.9. The van der Waals surface area contributed by atoms with Crippen molar-refractivity contribution in [2.24, 2.45) is 0 Å². The Bertz CT molecular complexity index is 1160. The summed E-state index contributed by atoms with van der Waals surface area (Å²) in [4.78, 5) is 18.2. The van der Waals surface area contributed by atoms with E-state index >= 15 is 0 Å². The lowest BCUT2D eigenvalue weighted by Gasteiger charge is -2.22. The van der Waals surface area contributed by atoms with Crippen LogP contribution in [0.15, 0.2) is 84.0 Å². The summed E-state index contributed by atoms with van der Waals surface area (Å²) in [5.74, 6) is 0.507. The number of pyridine rings is 1. The van der Waals surface area contributed by atoms with Crippen molar-refractivity contribution in [2.75, 3.05) is 5.75 Å². The summed E-state index contributed by atoms with van der Waals surface area (Å²) in [5.41, 5.74) is 3.33. The zero-order valence-electron chi connectivity index (χ0n) is 17.1. The molecular formula is C25H24N2O2S. The first-order valence-corrected chi connectivity index (χ1v) is 11.4. The van der Waals surface area contributed by atoms with E-state index in [0.29, 0.717) is 11.3 Å². The van der Waals surface area contributed by atoms with Gasteiger partial charge in [-0.15, -0.1) is 0 Å². The molecule has 0 saturated carbocycles. The lowest BCUT2D eigenvalue weighted by molar-refractivity contribution is 0.103. The molecule has 2 unspecified atom stereocenters. The molecule has 0 fully saturated rings. The maximum absolute atomic E-state index is 13.4. The molecule has 0 aliphatic rings. The number of nitrogens with zero attached hydrogens (tertiary/aromatic N) is 2. The first-order chi connectivity index (χ1) is 14.6. The van der Waals surface area contributed by atoms with Crippen molar-refractivity contribution in [3.63, 3.8) is 0 Å². The van der Waals surface area contributed by atoms with Gasteiger partial charge in [0.15, 0.2) is 10.7 Å². The molecule has 0 aliphatic carbocycles. The number of benzene rings is 2. The minimum absolute atomic E-state index is 0.0150. The number of carbonyl (C=O) groups excluding carboxylic acids is 1. The maximum atomic E-state index is 13.4. The standard InChI is InChI=1S/C25H24N2O2S/c1-3-20(17-30(29)21-13-15-26-16-14-21)27-18(2)24(22-11-7-8-12-23(22)27)25(28)19-9-5-4-6-10-19/h4-16,20H,3,17H2,1-2H3. The number of ketones is 1. The van der Waals surface area contributed by atoms with Gasteiger partial charge in [-0.05, 0) is 30.6 Å². The number of rotatable bonds is 7. The maximum Gasteiger partial charge on any atom is 0.195 e. The number of fused-ring (bicyclic) bond motifs is 1. The van der Waals surface area contributed by atoms with Crippen molar-refractivity contribution >= 4 is 27.9 Å². The van der Waals surface area contributed by atoms with Crippen LogP contribution in [0.5, 0.6) is 0 Å². The van der Waals surface area contributed by atoms with Gasteiger partial charge in [0.25, 0.3) is 0 Å². The second-order valence-corrected chi connectivity index (χ2v) is 8.80. The highest BCUT2D eigenvalue weighted by Crippen LogP contribution is 2.33. The van der Waals surface area contributed by atoms with Gasteiger partial charge in [0.05, 0.1) is 11.6 Å². The fourth-order valence-electron chi connectivity index (χ4n) is 4.02. The number of carbonyl (C=O) groups is 1. The van der Waals surface area contributed by atoms with Crippen molar-refractivity contribution in [1.29, 1.82) is 0 Å². The van der Waals surface area contributed by atoms with Gasteiger partial charge in [0.1, 0.15) is 5.75 Å². The summed E-state index contributed by atoms with van der Waals surface area (Å²) in [6.07, 6.45) is 4.15. The van der Waals surface area contributed by atoms with Crippen LogP contribution in [0.2, 0.25) is 0 Å². The Labute approximate surface area is 179 Å². The third-order valence-corrected chi connectivity index (χ3v) is 7.00. The molecule has 0 saturated heterocycles. The molecule has 2 heterocycles. The van der Waals surface area contributed by atoms with Gasteiger partial charge in [-0.25, -0.2) is 0 Å². The van der Waals surface area contributed by atoms with E-state index in [2.05, 4.69) is 16.5 Å². The Hall–Kier alpha value is -2.89. The molecule has 30 heavy (non-hydrogen) atoms. The van der Waals surface area contributed by atoms with Crippen molar-refractivity contribution in [3.05, 3.63) is 95.9 Å². The molecule has 4 rings (SSSR count). The summed E-state index contributed by atoms with van der Waals surface area (Å²) in [6.45, 7) is 4.09. The molecule has 0 spiro atoms. The smallest absolute Gasteiger partial charge is 0.195 e. The van der Waals surface area contributed by atoms with E-state index in [1.807, 2.05) is 61.5 Å². The first-order valence-electron chi connectivity index (χ1n) is 10.1. The van der Waals surface area contributed by atoms with Gasteiger partial charge in [-0.1, -0.05) is 55.5 Å². The molecule has 2 aromatic carbocycles. The molecule has 5 heteroatoms. The van der Waals surface area contributed by atoms with Crippen LogP contribution < -0.4 is 0 Å². The lowest BCUT2D eigenvalue weighted by Crippen LogP contribution is -2.21. The highest BCUT2D eigenvalue weighted by Gasteiger charge is 2.27. The summed E-state index contributed by atoms with van der Waals surface area (Å²) in [6, 6.07) is 21.0. The third-order valence-electron chi connectivity index (χ3n) is 5.51. The monoisotopic (exact) mass is 416 g/mol. The van der Waals surface area contributed by atoms with Gasteiger partial charge in [-0.3, -0.25) is 9.78 Å². The minimum atomic E-state index is -1.15. The number of para-hydroxylation sites is 1. The molecule has 4 aromatic rings. The topological polar surface area (TPSA) is 58.0 Å². The molecule has 0 radical (unpaired) electrons. The van der Waals surface area contributed by atoms with Crippen LogP contribution in [-0.4, -0.2) is 25.6 Å². The van der Waals surface area contributed by atoms with Gasteiger partial charge in [0.2, 0.25) is 0 Å². The predicted octanol–water partition coefficient (Wildman–Crippen LogP) is 5.33. The fourth-order valence-corrected chi connectivity index (χ4v) is 5.37. The van der Waals surface area contributed by atoms with Crippen LogP contribution in [0.25, 0.3) is 10.9 Å².